The highest BCUT2D eigenvalue weighted by Crippen LogP contribution is 2.23. The summed E-state index contributed by atoms with van der Waals surface area (Å²) in [5, 5.41) is 2.56. The van der Waals surface area contributed by atoms with Crippen LogP contribution in [-0.4, -0.2) is 25.1 Å². The monoisotopic (exact) mass is 441 g/mol. The van der Waals surface area contributed by atoms with Gasteiger partial charge < -0.3 is 14.8 Å². The van der Waals surface area contributed by atoms with Crippen molar-refractivity contribution in [2.45, 2.75) is 20.4 Å². The average molecular weight is 442 g/mol. The van der Waals surface area contributed by atoms with Crippen LogP contribution >= 0.6 is 15.9 Å². The van der Waals surface area contributed by atoms with E-state index in [0.717, 1.165) is 6.07 Å². The number of carbonyl (C=O) groups excluding carboxylic acids is 2. The van der Waals surface area contributed by atoms with Crippen LogP contribution in [0.4, 0.5) is 8.78 Å². The van der Waals surface area contributed by atoms with E-state index in [-0.39, 0.29) is 30.0 Å². The summed E-state index contributed by atoms with van der Waals surface area (Å²) in [6.07, 6.45) is 0. The Hall–Kier alpha value is -2.48. The van der Waals surface area contributed by atoms with Crippen LogP contribution in [0.3, 0.4) is 0 Å². The second-order valence-corrected chi connectivity index (χ2v) is 6.53. The van der Waals surface area contributed by atoms with Crippen LogP contribution in [0.2, 0.25) is 0 Å². The van der Waals surface area contributed by atoms with Gasteiger partial charge in [0.05, 0.1) is 12.2 Å². The van der Waals surface area contributed by atoms with Crippen molar-refractivity contribution in [1.29, 1.82) is 0 Å². The smallest absolute Gasteiger partial charge is 0.344 e. The maximum Gasteiger partial charge on any atom is 0.344 e. The topological polar surface area (TPSA) is 64.6 Å². The van der Waals surface area contributed by atoms with Crippen LogP contribution < -0.4 is 10.1 Å². The second kappa shape index (κ2) is 9.45. The predicted molar refractivity (Wildman–Crippen MR) is 98.5 cm³/mol. The first-order valence-corrected chi connectivity index (χ1v) is 8.91. The molecule has 2 rings (SSSR count). The minimum absolute atomic E-state index is 0.0377. The molecule has 0 aromatic heterocycles. The summed E-state index contributed by atoms with van der Waals surface area (Å²) in [5.74, 6) is -2.37. The number of esters is 1. The third-order valence-corrected chi connectivity index (χ3v) is 4.10. The van der Waals surface area contributed by atoms with Gasteiger partial charge >= 0.3 is 5.97 Å². The fourth-order valence-corrected chi connectivity index (χ4v) is 2.57. The van der Waals surface area contributed by atoms with E-state index in [9.17, 15) is 18.4 Å². The molecule has 0 saturated heterocycles. The lowest BCUT2D eigenvalue weighted by Crippen LogP contribution is -2.25. The standard InChI is InChI=1S/C19H18BrF2NO4/c1-3-26-18(24)10-27-17-8-15(21)11(2)6-14(17)19(25)23-9-12-4-5-13(20)7-16(12)22/h4-8H,3,9-10H2,1-2H3,(H,23,25). The fourth-order valence-electron chi connectivity index (χ4n) is 2.24. The molecular weight excluding hydrogens is 424 g/mol. The normalized spacial score (nSPS) is 10.4. The molecule has 0 radical (unpaired) electrons. The van der Waals surface area contributed by atoms with Crippen molar-refractivity contribution in [2.24, 2.45) is 0 Å². The lowest BCUT2D eigenvalue weighted by atomic mass is 10.1. The molecule has 5 nitrogen and oxygen atoms in total. The van der Waals surface area contributed by atoms with Gasteiger partial charge in [-0.3, -0.25) is 4.79 Å². The van der Waals surface area contributed by atoms with E-state index in [1.54, 1.807) is 13.0 Å². The molecule has 0 unspecified atom stereocenters. The van der Waals surface area contributed by atoms with Gasteiger partial charge in [-0.15, -0.1) is 0 Å². The molecule has 144 valence electrons. The van der Waals surface area contributed by atoms with Crippen LogP contribution in [0.5, 0.6) is 5.75 Å². The molecule has 2 aromatic rings. The van der Waals surface area contributed by atoms with Gasteiger partial charge in [0.15, 0.2) is 6.61 Å². The predicted octanol–water partition coefficient (Wildman–Crippen LogP) is 3.91. The van der Waals surface area contributed by atoms with Crippen molar-refractivity contribution in [3.05, 3.63) is 63.1 Å². The number of amides is 1. The van der Waals surface area contributed by atoms with Gasteiger partial charge in [0.2, 0.25) is 0 Å². The number of aryl methyl sites for hydroxylation is 1. The summed E-state index contributed by atoms with van der Waals surface area (Å²) in [6.45, 7) is 2.79. The molecule has 0 heterocycles. The Morgan fingerprint density at radius 3 is 2.56 bits per heavy atom. The van der Waals surface area contributed by atoms with Gasteiger partial charge in [0.1, 0.15) is 17.4 Å². The minimum Gasteiger partial charge on any atom is -0.481 e. The third kappa shape index (κ3) is 5.75. The fraction of sp³-hybridized carbons (Fsp3) is 0.263. The Balaban J connectivity index is 2.15. The number of benzene rings is 2. The lowest BCUT2D eigenvalue weighted by Gasteiger charge is -2.13. The minimum atomic E-state index is -0.637. The lowest BCUT2D eigenvalue weighted by molar-refractivity contribution is -0.145. The Kier molecular flexibility index (Phi) is 7.29. The summed E-state index contributed by atoms with van der Waals surface area (Å²) in [4.78, 5) is 23.9. The van der Waals surface area contributed by atoms with Crippen LogP contribution in [0.1, 0.15) is 28.4 Å². The van der Waals surface area contributed by atoms with E-state index in [1.807, 2.05) is 0 Å². The SMILES string of the molecule is CCOC(=O)COc1cc(F)c(C)cc1C(=O)NCc1ccc(Br)cc1F. The molecule has 0 aliphatic heterocycles. The van der Waals surface area contributed by atoms with Crippen molar-refractivity contribution in [1.82, 2.24) is 5.32 Å². The van der Waals surface area contributed by atoms with Crippen molar-refractivity contribution < 1.29 is 27.8 Å². The van der Waals surface area contributed by atoms with Gasteiger partial charge in [-0.1, -0.05) is 22.0 Å². The first kappa shape index (κ1) is 20.8. The van der Waals surface area contributed by atoms with Gasteiger partial charge in [0.25, 0.3) is 5.91 Å². The first-order chi connectivity index (χ1) is 12.8. The molecular formula is C19H18BrF2NO4. The highest BCUT2D eigenvalue weighted by Gasteiger charge is 2.17. The molecule has 0 bridgehead atoms. The summed E-state index contributed by atoms with van der Waals surface area (Å²) in [7, 11) is 0. The maximum atomic E-state index is 13.9. The maximum absolute atomic E-state index is 13.9. The first-order valence-electron chi connectivity index (χ1n) is 8.12. The van der Waals surface area contributed by atoms with Gasteiger partial charge in [-0.2, -0.15) is 0 Å². The molecule has 0 saturated carbocycles. The van der Waals surface area contributed by atoms with Crippen molar-refractivity contribution in [3.63, 3.8) is 0 Å². The molecule has 0 atom stereocenters. The van der Waals surface area contributed by atoms with Crippen LogP contribution in [0, 0.1) is 18.6 Å². The number of halogens is 3. The zero-order valence-corrected chi connectivity index (χ0v) is 16.4. The summed E-state index contributed by atoms with van der Waals surface area (Å²) < 4.78 is 38.3. The molecule has 1 N–H and O–H groups in total. The molecule has 8 heteroatoms. The Morgan fingerprint density at radius 2 is 1.89 bits per heavy atom. The number of hydrogen-bond donors (Lipinski definition) is 1. The molecule has 0 fully saturated rings. The highest BCUT2D eigenvalue weighted by molar-refractivity contribution is 9.10. The Morgan fingerprint density at radius 1 is 1.15 bits per heavy atom. The summed E-state index contributed by atoms with van der Waals surface area (Å²) in [6, 6.07) is 6.82. The van der Waals surface area contributed by atoms with Crippen molar-refractivity contribution in [3.8, 4) is 5.75 Å². The van der Waals surface area contributed by atoms with E-state index in [2.05, 4.69) is 21.2 Å². The quantitative estimate of drug-likeness (QED) is 0.661. The number of rotatable bonds is 7. The molecule has 27 heavy (non-hydrogen) atoms. The Labute approximate surface area is 163 Å². The zero-order valence-electron chi connectivity index (χ0n) is 14.8. The summed E-state index contributed by atoms with van der Waals surface area (Å²) in [5.41, 5.74) is 0.563. The van der Waals surface area contributed by atoms with Crippen LogP contribution in [0.15, 0.2) is 34.8 Å². The zero-order chi connectivity index (χ0) is 20.0. The highest BCUT2D eigenvalue weighted by atomic mass is 79.9. The molecule has 2 aromatic carbocycles. The van der Waals surface area contributed by atoms with E-state index < -0.39 is 30.1 Å². The third-order valence-electron chi connectivity index (χ3n) is 3.61. The van der Waals surface area contributed by atoms with E-state index in [0.29, 0.717) is 10.0 Å². The largest absolute Gasteiger partial charge is 0.481 e. The van der Waals surface area contributed by atoms with E-state index in [1.165, 1.54) is 25.1 Å². The number of nitrogens with one attached hydrogen (secondary N) is 1. The number of hydrogen-bond acceptors (Lipinski definition) is 4. The average Bonchev–Trinajstić information content (AvgIpc) is 2.61. The van der Waals surface area contributed by atoms with E-state index in [4.69, 9.17) is 9.47 Å². The van der Waals surface area contributed by atoms with E-state index >= 15 is 0 Å². The van der Waals surface area contributed by atoms with Crippen LogP contribution in [-0.2, 0) is 16.1 Å². The second-order valence-electron chi connectivity index (χ2n) is 5.61. The number of ether oxygens (including phenoxy) is 2. The summed E-state index contributed by atoms with van der Waals surface area (Å²) >= 11 is 3.16. The molecule has 0 aliphatic rings. The van der Waals surface area contributed by atoms with Crippen molar-refractivity contribution >= 4 is 27.8 Å². The van der Waals surface area contributed by atoms with Gasteiger partial charge in [0, 0.05) is 22.6 Å². The van der Waals surface area contributed by atoms with Gasteiger partial charge in [-0.25, -0.2) is 13.6 Å². The van der Waals surface area contributed by atoms with Gasteiger partial charge in [-0.05, 0) is 37.6 Å². The molecule has 0 aliphatic carbocycles. The Bertz CT molecular complexity index is 858. The molecule has 1 amide bonds. The molecule has 0 spiro atoms. The van der Waals surface area contributed by atoms with Crippen molar-refractivity contribution in [2.75, 3.05) is 13.2 Å². The van der Waals surface area contributed by atoms with Crippen LogP contribution in [0.25, 0.3) is 0 Å². The number of carbonyl (C=O) groups is 2.